The number of hydrogen-bond donors (Lipinski definition) is 1. The summed E-state index contributed by atoms with van der Waals surface area (Å²) in [6.45, 7) is 5.53. The number of hydrogen-bond acceptors (Lipinski definition) is 2. The van der Waals surface area contributed by atoms with E-state index in [0.29, 0.717) is 12.0 Å². The van der Waals surface area contributed by atoms with Gasteiger partial charge in [-0.3, -0.25) is 4.90 Å². The number of likely N-dealkylation sites (tertiary alicyclic amines) is 1. The minimum atomic E-state index is 0.415. The van der Waals surface area contributed by atoms with Crippen LogP contribution in [0.5, 0.6) is 0 Å². The SMILES string of the molecule is CCCNCC1CCCN(C)C1c1cc(Br)ccc1Cl. The highest BCUT2D eigenvalue weighted by atomic mass is 79.9. The van der Waals surface area contributed by atoms with E-state index in [2.05, 4.69) is 46.2 Å². The van der Waals surface area contributed by atoms with Crippen LogP contribution in [-0.4, -0.2) is 31.6 Å². The summed E-state index contributed by atoms with van der Waals surface area (Å²) in [5.41, 5.74) is 1.26. The second kappa shape index (κ2) is 7.79. The molecule has 1 N–H and O–H groups in total. The van der Waals surface area contributed by atoms with Crippen LogP contribution in [0.2, 0.25) is 5.02 Å². The summed E-state index contributed by atoms with van der Waals surface area (Å²) in [4.78, 5) is 2.45. The maximum absolute atomic E-state index is 6.45. The summed E-state index contributed by atoms with van der Waals surface area (Å²) in [7, 11) is 2.22. The molecule has 1 fully saturated rings. The van der Waals surface area contributed by atoms with E-state index in [1.807, 2.05) is 12.1 Å². The Hall–Kier alpha value is -0.0900. The maximum atomic E-state index is 6.45. The first-order valence-electron chi connectivity index (χ1n) is 7.49. The minimum absolute atomic E-state index is 0.415. The molecule has 1 heterocycles. The Morgan fingerprint density at radius 3 is 3.00 bits per heavy atom. The number of piperidine rings is 1. The molecule has 2 unspecified atom stereocenters. The van der Waals surface area contributed by atoms with Gasteiger partial charge in [0.1, 0.15) is 0 Å². The second-order valence-electron chi connectivity index (χ2n) is 5.70. The molecule has 0 spiro atoms. The van der Waals surface area contributed by atoms with E-state index in [1.54, 1.807) is 0 Å². The molecule has 1 aliphatic heterocycles. The van der Waals surface area contributed by atoms with E-state index in [1.165, 1.54) is 24.8 Å². The van der Waals surface area contributed by atoms with Crippen LogP contribution in [-0.2, 0) is 0 Å². The highest BCUT2D eigenvalue weighted by Crippen LogP contribution is 2.38. The van der Waals surface area contributed by atoms with Crippen molar-refractivity contribution in [2.45, 2.75) is 32.2 Å². The Morgan fingerprint density at radius 1 is 1.45 bits per heavy atom. The van der Waals surface area contributed by atoms with Gasteiger partial charge in [-0.05, 0) is 75.6 Å². The fourth-order valence-corrected chi connectivity index (χ4v) is 3.78. The smallest absolute Gasteiger partial charge is 0.0454 e. The molecule has 2 nitrogen and oxygen atoms in total. The van der Waals surface area contributed by atoms with Crippen LogP contribution >= 0.6 is 27.5 Å². The molecule has 0 bridgehead atoms. The monoisotopic (exact) mass is 358 g/mol. The van der Waals surface area contributed by atoms with Gasteiger partial charge in [0.2, 0.25) is 0 Å². The predicted molar refractivity (Wildman–Crippen MR) is 90.4 cm³/mol. The van der Waals surface area contributed by atoms with Crippen molar-refractivity contribution in [1.82, 2.24) is 10.2 Å². The highest BCUT2D eigenvalue weighted by Gasteiger charge is 2.31. The Balaban J connectivity index is 2.20. The van der Waals surface area contributed by atoms with E-state index >= 15 is 0 Å². The van der Waals surface area contributed by atoms with Crippen molar-refractivity contribution in [2.24, 2.45) is 5.92 Å². The molecule has 0 aromatic heterocycles. The summed E-state index contributed by atoms with van der Waals surface area (Å²) < 4.78 is 1.11. The van der Waals surface area contributed by atoms with Crippen LogP contribution in [0.25, 0.3) is 0 Å². The van der Waals surface area contributed by atoms with E-state index in [-0.39, 0.29) is 0 Å². The zero-order chi connectivity index (χ0) is 14.5. The molecule has 0 amide bonds. The van der Waals surface area contributed by atoms with Crippen molar-refractivity contribution in [1.29, 1.82) is 0 Å². The van der Waals surface area contributed by atoms with Gasteiger partial charge in [-0.25, -0.2) is 0 Å². The topological polar surface area (TPSA) is 15.3 Å². The van der Waals surface area contributed by atoms with Gasteiger partial charge in [-0.1, -0.05) is 34.5 Å². The average molecular weight is 360 g/mol. The summed E-state index contributed by atoms with van der Waals surface area (Å²) in [5, 5.41) is 4.46. The number of halogens is 2. The van der Waals surface area contributed by atoms with Gasteiger partial charge in [0.25, 0.3) is 0 Å². The lowest BCUT2D eigenvalue weighted by molar-refractivity contribution is 0.119. The van der Waals surface area contributed by atoms with Gasteiger partial charge in [-0.15, -0.1) is 0 Å². The lowest BCUT2D eigenvalue weighted by Gasteiger charge is -2.40. The molecule has 0 aliphatic carbocycles. The fourth-order valence-electron chi connectivity index (χ4n) is 3.17. The van der Waals surface area contributed by atoms with Crippen LogP contribution < -0.4 is 5.32 Å². The Labute approximate surface area is 136 Å². The third kappa shape index (κ3) is 3.97. The first-order valence-corrected chi connectivity index (χ1v) is 8.66. The van der Waals surface area contributed by atoms with Crippen molar-refractivity contribution in [3.8, 4) is 0 Å². The number of rotatable bonds is 5. The number of nitrogens with zero attached hydrogens (tertiary/aromatic N) is 1. The summed E-state index contributed by atoms with van der Waals surface area (Å²) >= 11 is 10.0. The Kier molecular flexibility index (Phi) is 6.34. The molecule has 2 rings (SSSR count). The molecule has 20 heavy (non-hydrogen) atoms. The molecule has 1 aromatic carbocycles. The third-order valence-electron chi connectivity index (χ3n) is 4.12. The zero-order valence-electron chi connectivity index (χ0n) is 12.3. The van der Waals surface area contributed by atoms with E-state index in [9.17, 15) is 0 Å². The fraction of sp³-hybridized carbons (Fsp3) is 0.625. The molecule has 4 heteroatoms. The molecule has 1 saturated heterocycles. The first-order chi connectivity index (χ1) is 9.63. The quantitative estimate of drug-likeness (QED) is 0.779. The summed E-state index contributed by atoms with van der Waals surface area (Å²) in [6, 6.07) is 6.61. The molecular formula is C16H24BrClN2. The molecule has 1 aromatic rings. The van der Waals surface area contributed by atoms with Crippen molar-refractivity contribution >= 4 is 27.5 Å². The van der Waals surface area contributed by atoms with Crippen LogP contribution in [0.1, 0.15) is 37.8 Å². The van der Waals surface area contributed by atoms with E-state index < -0.39 is 0 Å². The van der Waals surface area contributed by atoms with Crippen molar-refractivity contribution in [2.75, 3.05) is 26.7 Å². The standard InChI is InChI=1S/C16H24BrClN2/c1-3-8-19-11-12-5-4-9-20(2)16(12)14-10-13(17)6-7-15(14)18/h6-7,10,12,16,19H,3-5,8-9,11H2,1-2H3. The van der Waals surface area contributed by atoms with E-state index in [0.717, 1.165) is 29.1 Å². The zero-order valence-corrected chi connectivity index (χ0v) is 14.7. The van der Waals surface area contributed by atoms with Gasteiger partial charge in [0.15, 0.2) is 0 Å². The molecule has 2 atom stereocenters. The number of nitrogens with one attached hydrogen (secondary N) is 1. The molecule has 0 radical (unpaired) electrons. The summed E-state index contributed by atoms with van der Waals surface area (Å²) in [6.07, 6.45) is 3.73. The Morgan fingerprint density at radius 2 is 2.25 bits per heavy atom. The minimum Gasteiger partial charge on any atom is -0.316 e. The van der Waals surface area contributed by atoms with Gasteiger partial charge >= 0.3 is 0 Å². The third-order valence-corrected chi connectivity index (χ3v) is 4.95. The average Bonchev–Trinajstić information content (AvgIpc) is 2.42. The molecule has 112 valence electrons. The predicted octanol–water partition coefficient (Wildman–Crippen LogP) is 4.49. The normalized spacial score (nSPS) is 24.0. The van der Waals surface area contributed by atoms with Crippen LogP contribution in [0.3, 0.4) is 0 Å². The van der Waals surface area contributed by atoms with Gasteiger partial charge < -0.3 is 5.32 Å². The second-order valence-corrected chi connectivity index (χ2v) is 7.02. The maximum Gasteiger partial charge on any atom is 0.0454 e. The van der Waals surface area contributed by atoms with E-state index in [4.69, 9.17) is 11.6 Å². The highest BCUT2D eigenvalue weighted by molar-refractivity contribution is 9.10. The summed E-state index contributed by atoms with van der Waals surface area (Å²) in [5.74, 6) is 0.632. The molecular weight excluding hydrogens is 336 g/mol. The Bertz CT molecular complexity index is 438. The molecule has 1 aliphatic rings. The lowest BCUT2D eigenvalue weighted by Crippen LogP contribution is -2.40. The molecule has 0 saturated carbocycles. The van der Waals surface area contributed by atoms with Gasteiger partial charge in [-0.2, -0.15) is 0 Å². The van der Waals surface area contributed by atoms with Gasteiger partial charge in [0, 0.05) is 15.5 Å². The lowest BCUT2D eigenvalue weighted by atomic mass is 9.85. The van der Waals surface area contributed by atoms with Crippen LogP contribution in [0, 0.1) is 5.92 Å². The van der Waals surface area contributed by atoms with Crippen LogP contribution in [0.4, 0.5) is 0 Å². The van der Waals surface area contributed by atoms with Crippen LogP contribution in [0.15, 0.2) is 22.7 Å². The first kappa shape index (κ1) is 16.3. The van der Waals surface area contributed by atoms with Crippen molar-refractivity contribution in [3.05, 3.63) is 33.3 Å². The van der Waals surface area contributed by atoms with Crippen molar-refractivity contribution < 1.29 is 0 Å². The van der Waals surface area contributed by atoms with Crippen molar-refractivity contribution in [3.63, 3.8) is 0 Å². The number of benzene rings is 1. The largest absolute Gasteiger partial charge is 0.316 e. The van der Waals surface area contributed by atoms with Gasteiger partial charge in [0.05, 0.1) is 0 Å².